The van der Waals surface area contributed by atoms with Crippen LogP contribution in [0, 0.1) is 6.92 Å². The van der Waals surface area contributed by atoms with Gasteiger partial charge in [-0.1, -0.05) is 11.6 Å². The first-order chi connectivity index (χ1) is 9.11. The molecular weight excluding hydrogens is 328 g/mol. The summed E-state index contributed by atoms with van der Waals surface area (Å²) in [6.45, 7) is 2.94. The molecule has 0 aliphatic carbocycles. The molecule has 3 aromatic rings. The number of aromatic nitrogens is 3. The van der Waals surface area contributed by atoms with Crippen LogP contribution in [0.15, 0.2) is 16.7 Å². The van der Waals surface area contributed by atoms with Crippen molar-refractivity contribution in [1.29, 1.82) is 0 Å². The molecule has 0 saturated heterocycles. The molecule has 6 heteroatoms. The average molecular weight is 342 g/mol. The molecule has 19 heavy (non-hydrogen) atoms. The maximum Gasteiger partial charge on any atom is 0.213 e. The fourth-order valence-corrected chi connectivity index (χ4v) is 3.25. The zero-order valence-electron chi connectivity index (χ0n) is 10.7. The van der Waals surface area contributed by atoms with Gasteiger partial charge in [-0.25, -0.2) is 4.98 Å². The van der Waals surface area contributed by atoms with E-state index in [4.69, 9.17) is 11.6 Å². The van der Waals surface area contributed by atoms with Crippen LogP contribution in [0.3, 0.4) is 0 Å². The highest BCUT2D eigenvalue weighted by molar-refractivity contribution is 9.10. The quantitative estimate of drug-likeness (QED) is 0.768. The van der Waals surface area contributed by atoms with Crippen molar-refractivity contribution in [1.82, 2.24) is 19.7 Å². The summed E-state index contributed by atoms with van der Waals surface area (Å²) in [6.07, 6.45) is 0.918. The minimum atomic E-state index is 0.733. The van der Waals surface area contributed by atoms with E-state index in [2.05, 4.69) is 35.6 Å². The molecule has 3 rings (SSSR count). The highest BCUT2D eigenvalue weighted by Crippen LogP contribution is 2.29. The van der Waals surface area contributed by atoms with Gasteiger partial charge in [0.05, 0.1) is 16.7 Å². The first-order valence-corrected chi connectivity index (χ1v) is 7.28. The van der Waals surface area contributed by atoms with Gasteiger partial charge in [0.2, 0.25) is 5.78 Å². The number of rotatable bonds is 3. The maximum atomic E-state index is 6.15. The number of nitrogens with one attached hydrogen (secondary N) is 2. The second-order valence-corrected chi connectivity index (χ2v) is 5.80. The third-order valence-corrected chi connectivity index (χ3v) is 4.30. The van der Waals surface area contributed by atoms with E-state index in [9.17, 15) is 0 Å². The van der Waals surface area contributed by atoms with Crippen LogP contribution in [0.4, 0.5) is 0 Å². The Kier molecular flexibility index (Phi) is 3.28. The molecule has 0 unspecified atom stereocenters. The van der Waals surface area contributed by atoms with Crippen molar-refractivity contribution in [2.75, 3.05) is 13.6 Å². The van der Waals surface area contributed by atoms with Crippen LogP contribution in [0.2, 0.25) is 5.02 Å². The fraction of sp³-hybridized carbons (Fsp3) is 0.308. The van der Waals surface area contributed by atoms with Crippen molar-refractivity contribution in [3.8, 4) is 0 Å². The number of imidazole rings is 2. The monoisotopic (exact) mass is 340 g/mol. The number of benzene rings is 1. The summed E-state index contributed by atoms with van der Waals surface area (Å²) >= 11 is 9.80. The number of fused-ring (bicyclic) bond motifs is 3. The van der Waals surface area contributed by atoms with Gasteiger partial charge in [-0.05, 0) is 47.6 Å². The predicted molar refractivity (Wildman–Crippen MR) is 82.1 cm³/mol. The minimum Gasteiger partial charge on any atom is -0.326 e. The smallest absolute Gasteiger partial charge is 0.213 e. The zero-order valence-corrected chi connectivity index (χ0v) is 13.1. The molecule has 2 heterocycles. The number of nitrogens with zero attached hydrogens (tertiary/aromatic N) is 2. The number of halogens is 2. The summed E-state index contributed by atoms with van der Waals surface area (Å²) in [5, 5.41) is 3.88. The van der Waals surface area contributed by atoms with Gasteiger partial charge in [0.25, 0.3) is 0 Å². The number of hydrogen-bond donors (Lipinski definition) is 2. The number of likely N-dealkylation sites (N-methyl/N-ethyl adjacent to an activating group) is 1. The van der Waals surface area contributed by atoms with Crippen molar-refractivity contribution in [3.63, 3.8) is 0 Å². The highest BCUT2D eigenvalue weighted by Gasteiger charge is 2.15. The average Bonchev–Trinajstić information content (AvgIpc) is 2.85. The zero-order chi connectivity index (χ0) is 13.6. The van der Waals surface area contributed by atoms with Crippen molar-refractivity contribution in [3.05, 3.63) is 33.0 Å². The Hall–Kier alpha value is -1.04. The molecule has 0 fully saturated rings. The summed E-state index contributed by atoms with van der Waals surface area (Å²) in [7, 11) is 1.94. The summed E-state index contributed by atoms with van der Waals surface area (Å²) in [5.74, 6) is 0.846. The largest absolute Gasteiger partial charge is 0.326 e. The highest BCUT2D eigenvalue weighted by atomic mass is 79.9. The lowest BCUT2D eigenvalue weighted by molar-refractivity contribution is 0.777. The summed E-state index contributed by atoms with van der Waals surface area (Å²) in [5.41, 5.74) is 4.23. The third kappa shape index (κ3) is 2.06. The lowest BCUT2D eigenvalue weighted by atomic mass is 10.2. The van der Waals surface area contributed by atoms with E-state index in [0.717, 1.165) is 50.7 Å². The Morgan fingerprint density at radius 1 is 1.47 bits per heavy atom. The Morgan fingerprint density at radius 3 is 3.00 bits per heavy atom. The van der Waals surface area contributed by atoms with Gasteiger partial charge >= 0.3 is 0 Å². The Bertz CT molecular complexity index is 759. The lowest BCUT2D eigenvalue weighted by Gasteiger charge is -2.00. The SMILES string of the molecule is CNCCc1[nH]c2nc3c(C)cc(Cl)cc3n2c1Br. The van der Waals surface area contributed by atoms with Gasteiger partial charge in [0.1, 0.15) is 4.60 Å². The van der Waals surface area contributed by atoms with Gasteiger partial charge in [0.15, 0.2) is 0 Å². The molecule has 0 bridgehead atoms. The van der Waals surface area contributed by atoms with Crippen LogP contribution >= 0.6 is 27.5 Å². The van der Waals surface area contributed by atoms with Gasteiger partial charge in [0, 0.05) is 18.0 Å². The van der Waals surface area contributed by atoms with Gasteiger partial charge < -0.3 is 10.3 Å². The molecule has 2 aromatic heterocycles. The molecular formula is C13H14BrClN4. The molecule has 0 radical (unpaired) electrons. The topological polar surface area (TPSA) is 45.1 Å². The van der Waals surface area contributed by atoms with Crippen LogP contribution in [-0.2, 0) is 6.42 Å². The van der Waals surface area contributed by atoms with E-state index in [1.807, 2.05) is 26.1 Å². The Labute approximate surface area is 124 Å². The van der Waals surface area contributed by atoms with Crippen molar-refractivity contribution in [2.24, 2.45) is 0 Å². The summed E-state index contributed by atoms with van der Waals surface area (Å²) in [6, 6.07) is 3.89. The van der Waals surface area contributed by atoms with Crippen LogP contribution in [0.1, 0.15) is 11.3 Å². The van der Waals surface area contributed by atoms with Gasteiger partial charge in [-0.2, -0.15) is 0 Å². The van der Waals surface area contributed by atoms with Gasteiger partial charge in [-0.15, -0.1) is 0 Å². The molecule has 0 atom stereocenters. The Morgan fingerprint density at radius 2 is 2.26 bits per heavy atom. The molecule has 100 valence electrons. The van der Waals surface area contributed by atoms with E-state index in [1.165, 1.54) is 0 Å². The predicted octanol–water partition coefficient (Wildman–Crippen LogP) is 3.30. The van der Waals surface area contributed by atoms with E-state index in [1.54, 1.807) is 0 Å². The summed E-state index contributed by atoms with van der Waals surface area (Å²) < 4.78 is 3.08. The molecule has 4 nitrogen and oxygen atoms in total. The van der Waals surface area contributed by atoms with E-state index < -0.39 is 0 Å². The van der Waals surface area contributed by atoms with E-state index >= 15 is 0 Å². The number of hydrogen-bond acceptors (Lipinski definition) is 2. The van der Waals surface area contributed by atoms with Crippen molar-refractivity contribution in [2.45, 2.75) is 13.3 Å². The minimum absolute atomic E-state index is 0.733. The first-order valence-electron chi connectivity index (χ1n) is 6.11. The molecule has 1 aromatic carbocycles. The molecule has 0 spiro atoms. The number of aryl methyl sites for hydroxylation is 1. The van der Waals surface area contributed by atoms with Crippen molar-refractivity contribution < 1.29 is 0 Å². The standard InChI is InChI=1S/C13H14BrClN4/c1-7-5-8(15)6-10-11(7)18-13-17-9(3-4-16-2)12(14)19(10)13/h5-6,16H,3-4H2,1-2H3,(H,17,18). The van der Waals surface area contributed by atoms with Gasteiger partial charge in [-0.3, -0.25) is 4.40 Å². The molecule has 0 aliphatic heterocycles. The second kappa shape index (κ2) is 4.81. The lowest BCUT2D eigenvalue weighted by Crippen LogP contribution is -2.10. The first kappa shape index (κ1) is 13.0. The number of H-pyrrole nitrogens is 1. The molecule has 0 aliphatic rings. The molecule has 0 saturated carbocycles. The van der Waals surface area contributed by atoms with E-state index in [0.29, 0.717) is 0 Å². The molecule has 2 N–H and O–H groups in total. The molecule has 0 amide bonds. The van der Waals surface area contributed by atoms with Crippen LogP contribution in [0.25, 0.3) is 16.8 Å². The van der Waals surface area contributed by atoms with Crippen LogP contribution in [0.5, 0.6) is 0 Å². The maximum absolute atomic E-state index is 6.15. The normalized spacial score (nSPS) is 11.8. The van der Waals surface area contributed by atoms with E-state index in [-0.39, 0.29) is 0 Å². The third-order valence-electron chi connectivity index (χ3n) is 3.25. The van der Waals surface area contributed by atoms with Crippen LogP contribution < -0.4 is 5.32 Å². The van der Waals surface area contributed by atoms with Crippen LogP contribution in [-0.4, -0.2) is 28.0 Å². The number of aromatic amines is 1. The second-order valence-electron chi connectivity index (χ2n) is 4.61. The fourth-order valence-electron chi connectivity index (χ4n) is 2.32. The van der Waals surface area contributed by atoms with Crippen molar-refractivity contribution >= 4 is 44.3 Å². The Balaban J connectivity index is 2.26. The summed E-state index contributed by atoms with van der Waals surface area (Å²) in [4.78, 5) is 8.00.